The van der Waals surface area contributed by atoms with Crippen molar-refractivity contribution in [3.05, 3.63) is 75.2 Å². The van der Waals surface area contributed by atoms with Crippen LogP contribution in [0.2, 0.25) is 0 Å². The van der Waals surface area contributed by atoms with E-state index < -0.39 is 0 Å². The third kappa shape index (κ3) is 4.86. The summed E-state index contributed by atoms with van der Waals surface area (Å²) in [4.78, 5) is 45.2. The molecule has 11 nitrogen and oxygen atoms in total. The predicted molar refractivity (Wildman–Crippen MR) is 156 cm³/mol. The zero-order valence-electron chi connectivity index (χ0n) is 23.4. The standard InChI is InChI=1S/C30H33N7O4/c1-30(2)13-18-11-24-29(40)37(8-7-36(24)25(18)14-30)27-22(16-38)21(4-5-33-27)19-10-23(28(39)35(3)15-19)34-26(31)12-20-17-41-9-6-32-20/h4-5,10-12,15-16,32H,6-9,13-14,17H2,1-3H3,(H2,31,34)/b20-12-. The van der Waals surface area contributed by atoms with E-state index in [2.05, 4.69) is 34.0 Å². The molecule has 5 heterocycles. The highest BCUT2D eigenvalue weighted by molar-refractivity contribution is 6.09. The van der Waals surface area contributed by atoms with Crippen LogP contribution < -0.4 is 21.1 Å². The van der Waals surface area contributed by atoms with Gasteiger partial charge in [0.1, 0.15) is 23.0 Å². The number of nitrogens with zero attached hydrogens (tertiary/aromatic N) is 4. The quantitative estimate of drug-likeness (QED) is 0.250. The summed E-state index contributed by atoms with van der Waals surface area (Å²) in [7, 11) is 1.61. The number of fused-ring (bicyclic) bond motifs is 3. The summed E-state index contributed by atoms with van der Waals surface area (Å²) in [5, 5.41) is 14.4. The molecule has 11 heteroatoms. The lowest BCUT2D eigenvalue weighted by molar-refractivity contribution is 0.0963. The number of rotatable bonds is 5. The van der Waals surface area contributed by atoms with E-state index in [9.17, 15) is 14.4 Å². The number of hydrogen-bond donors (Lipinski definition) is 3. The molecular formula is C30H33N7O4. The highest BCUT2D eigenvalue weighted by Gasteiger charge is 2.37. The Morgan fingerprint density at radius 1 is 1.22 bits per heavy atom. The Hall–Kier alpha value is -4.51. The van der Waals surface area contributed by atoms with Gasteiger partial charge in [-0.15, -0.1) is 0 Å². The summed E-state index contributed by atoms with van der Waals surface area (Å²) in [6, 6.07) is 5.30. The highest BCUT2D eigenvalue weighted by Crippen LogP contribution is 2.40. The minimum absolute atomic E-state index is 0.0236. The number of amides is 1. The van der Waals surface area contributed by atoms with Gasteiger partial charge in [0.05, 0.1) is 18.8 Å². The van der Waals surface area contributed by atoms with E-state index >= 15 is 0 Å². The molecule has 0 spiro atoms. The summed E-state index contributed by atoms with van der Waals surface area (Å²) in [6.45, 7) is 7.13. The van der Waals surface area contributed by atoms with Crippen LogP contribution in [0.3, 0.4) is 0 Å². The third-order valence-corrected chi connectivity index (χ3v) is 7.91. The summed E-state index contributed by atoms with van der Waals surface area (Å²) in [6.07, 6.45) is 7.37. The van der Waals surface area contributed by atoms with Crippen LogP contribution in [0.4, 0.5) is 11.5 Å². The summed E-state index contributed by atoms with van der Waals surface area (Å²) < 4.78 is 8.92. The molecule has 0 saturated carbocycles. The smallest absolute Gasteiger partial charge is 0.276 e. The highest BCUT2D eigenvalue weighted by atomic mass is 16.5. The zero-order chi connectivity index (χ0) is 28.9. The number of aryl methyl sites for hydroxylation is 1. The molecular weight excluding hydrogens is 522 g/mol. The fourth-order valence-corrected chi connectivity index (χ4v) is 6.07. The van der Waals surface area contributed by atoms with E-state index in [1.807, 2.05) is 6.07 Å². The van der Waals surface area contributed by atoms with Gasteiger partial charge in [0, 0.05) is 62.1 Å². The Balaban J connectivity index is 1.33. The molecule has 41 heavy (non-hydrogen) atoms. The number of morpholine rings is 1. The molecule has 3 aromatic rings. The van der Waals surface area contributed by atoms with Gasteiger partial charge in [-0.05, 0) is 47.6 Å². The Labute approximate surface area is 237 Å². The number of hydrogen-bond acceptors (Lipinski definition) is 7. The number of aromatic nitrogens is 3. The Bertz CT molecular complexity index is 1670. The molecule has 1 amide bonds. The first kappa shape index (κ1) is 26.7. The van der Waals surface area contributed by atoms with Crippen molar-refractivity contribution in [1.29, 1.82) is 5.41 Å². The van der Waals surface area contributed by atoms with Crippen LogP contribution in [0.1, 0.15) is 46.0 Å². The molecule has 3 aliphatic rings. The van der Waals surface area contributed by atoms with Gasteiger partial charge in [-0.1, -0.05) is 13.8 Å². The van der Waals surface area contributed by atoms with Crippen LogP contribution in [0, 0.1) is 10.8 Å². The average molecular weight is 556 g/mol. The Kier molecular flexibility index (Phi) is 6.61. The molecule has 212 valence electrons. The average Bonchev–Trinajstić information content (AvgIpc) is 3.43. The largest absolute Gasteiger partial charge is 0.384 e. The maximum absolute atomic E-state index is 13.7. The van der Waals surface area contributed by atoms with E-state index in [1.165, 1.54) is 15.8 Å². The van der Waals surface area contributed by atoms with Crippen molar-refractivity contribution >= 4 is 29.5 Å². The van der Waals surface area contributed by atoms with Crippen molar-refractivity contribution in [1.82, 2.24) is 19.4 Å². The predicted octanol–water partition coefficient (Wildman–Crippen LogP) is 2.74. The molecule has 0 bridgehead atoms. The number of aldehydes is 1. The fraction of sp³-hybridized carbons (Fsp3) is 0.367. The zero-order valence-corrected chi connectivity index (χ0v) is 23.4. The normalized spacial score (nSPS) is 18.6. The minimum Gasteiger partial charge on any atom is -0.384 e. The minimum atomic E-state index is -0.324. The fourth-order valence-electron chi connectivity index (χ4n) is 6.07. The molecule has 3 N–H and O–H groups in total. The lowest BCUT2D eigenvalue weighted by Crippen LogP contribution is -2.41. The maximum Gasteiger partial charge on any atom is 0.276 e. The van der Waals surface area contributed by atoms with Gasteiger partial charge in [-0.2, -0.15) is 0 Å². The van der Waals surface area contributed by atoms with E-state index in [-0.39, 0.29) is 34.0 Å². The second kappa shape index (κ2) is 10.2. The van der Waals surface area contributed by atoms with Crippen molar-refractivity contribution in [2.75, 3.05) is 36.5 Å². The van der Waals surface area contributed by atoms with Gasteiger partial charge >= 0.3 is 0 Å². The number of pyridine rings is 2. The molecule has 0 radical (unpaired) electrons. The Morgan fingerprint density at radius 2 is 2.05 bits per heavy atom. The lowest BCUT2D eigenvalue weighted by Gasteiger charge is -2.30. The van der Waals surface area contributed by atoms with Crippen LogP contribution >= 0.6 is 0 Å². The van der Waals surface area contributed by atoms with Crippen molar-refractivity contribution < 1.29 is 14.3 Å². The van der Waals surface area contributed by atoms with Gasteiger partial charge in [0.15, 0.2) is 6.29 Å². The lowest BCUT2D eigenvalue weighted by atomic mass is 9.90. The number of anilines is 2. The number of carbonyl (C=O) groups excluding carboxylic acids is 2. The maximum atomic E-state index is 13.7. The van der Waals surface area contributed by atoms with Crippen LogP contribution in [0.15, 0.2) is 47.2 Å². The molecule has 6 rings (SSSR count). The monoisotopic (exact) mass is 555 g/mol. The molecule has 2 aliphatic heterocycles. The molecule has 0 aromatic carbocycles. The first-order valence-electron chi connectivity index (χ1n) is 13.7. The van der Waals surface area contributed by atoms with Crippen LogP contribution in [-0.2, 0) is 31.2 Å². The summed E-state index contributed by atoms with van der Waals surface area (Å²) in [5.41, 5.74) is 5.24. The summed E-state index contributed by atoms with van der Waals surface area (Å²) in [5.74, 6) is 0.135. The number of nitrogens with one attached hydrogen (secondary N) is 3. The van der Waals surface area contributed by atoms with Crippen LogP contribution in [-0.4, -0.2) is 58.5 Å². The van der Waals surface area contributed by atoms with Gasteiger partial charge in [-0.3, -0.25) is 24.7 Å². The van der Waals surface area contributed by atoms with Gasteiger partial charge in [0.25, 0.3) is 11.5 Å². The Morgan fingerprint density at radius 3 is 2.80 bits per heavy atom. The molecule has 1 saturated heterocycles. The van der Waals surface area contributed by atoms with E-state index in [1.54, 1.807) is 42.6 Å². The molecule has 1 aliphatic carbocycles. The van der Waals surface area contributed by atoms with Crippen molar-refractivity contribution in [3.63, 3.8) is 0 Å². The number of ether oxygens (including phenoxy) is 1. The SMILES string of the molecule is Cn1cc(-c2ccnc(N3CCn4c(cc5c4CC(C)(C)C5)C3=O)c2C=O)cc(NC(=N)/C=C2/COCCN2)c1=O. The molecule has 1 fully saturated rings. The van der Waals surface area contributed by atoms with Crippen molar-refractivity contribution in [2.24, 2.45) is 12.5 Å². The van der Waals surface area contributed by atoms with Gasteiger partial charge in [0.2, 0.25) is 0 Å². The first-order valence-corrected chi connectivity index (χ1v) is 13.7. The van der Waals surface area contributed by atoms with Crippen LogP contribution in [0.5, 0.6) is 0 Å². The second-order valence-electron chi connectivity index (χ2n) is 11.6. The molecule has 3 aromatic heterocycles. The number of amidine groups is 1. The molecule has 0 unspecified atom stereocenters. The third-order valence-electron chi connectivity index (χ3n) is 7.91. The molecule has 0 atom stereocenters. The van der Waals surface area contributed by atoms with Crippen molar-refractivity contribution in [2.45, 2.75) is 33.2 Å². The van der Waals surface area contributed by atoms with Crippen LogP contribution in [0.25, 0.3) is 11.1 Å². The van der Waals surface area contributed by atoms with Gasteiger partial charge < -0.3 is 24.5 Å². The van der Waals surface area contributed by atoms with E-state index in [0.717, 1.165) is 18.5 Å². The second-order valence-corrected chi connectivity index (χ2v) is 11.6. The van der Waals surface area contributed by atoms with Crippen molar-refractivity contribution in [3.8, 4) is 11.1 Å². The number of carbonyl (C=O) groups is 2. The van der Waals surface area contributed by atoms with E-state index in [0.29, 0.717) is 61.8 Å². The summed E-state index contributed by atoms with van der Waals surface area (Å²) >= 11 is 0. The van der Waals surface area contributed by atoms with Gasteiger partial charge in [-0.25, -0.2) is 4.98 Å². The first-order chi connectivity index (χ1) is 19.6. The van der Waals surface area contributed by atoms with E-state index in [4.69, 9.17) is 10.1 Å². The topological polar surface area (TPSA) is 134 Å².